The quantitative estimate of drug-likeness (QED) is 0.936. The Kier molecular flexibility index (Phi) is 4.11. The lowest BCUT2D eigenvalue weighted by molar-refractivity contribution is 0.268. The highest BCUT2D eigenvalue weighted by Gasteiger charge is 2.22. The SMILES string of the molecule is CN(CC1CCOc2ccccc21)c1ccccc1CN. The third kappa shape index (κ3) is 2.88. The van der Waals surface area contributed by atoms with E-state index in [1.165, 1.54) is 16.8 Å². The predicted molar refractivity (Wildman–Crippen MR) is 86.9 cm³/mol. The second-order valence-corrected chi connectivity index (χ2v) is 5.59. The van der Waals surface area contributed by atoms with Gasteiger partial charge in [0.05, 0.1) is 6.61 Å². The molecule has 0 fully saturated rings. The maximum absolute atomic E-state index is 5.85. The van der Waals surface area contributed by atoms with Crippen molar-refractivity contribution in [3.8, 4) is 5.75 Å². The summed E-state index contributed by atoms with van der Waals surface area (Å²) in [5.74, 6) is 1.54. The first-order valence-electron chi connectivity index (χ1n) is 7.50. The van der Waals surface area contributed by atoms with Crippen LogP contribution >= 0.6 is 0 Å². The van der Waals surface area contributed by atoms with Gasteiger partial charge in [0.2, 0.25) is 0 Å². The van der Waals surface area contributed by atoms with Gasteiger partial charge in [0.15, 0.2) is 0 Å². The van der Waals surface area contributed by atoms with E-state index in [-0.39, 0.29) is 0 Å². The number of benzene rings is 2. The van der Waals surface area contributed by atoms with Gasteiger partial charge in [-0.05, 0) is 29.7 Å². The van der Waals surface area contributed by atoms with Gasteiger partial charge in [-0.3, -0.25) is 0 Å². The molecule has 1 aliphatic rings. The summed E-state index contributed by atoms with van der Waals surface area (Å²) in [5.41, 5.74) is 9.59. The normalized spacial score (nSPS) is 17.0. The molecule has 1 atom stereocenters. The molecule has 1 unspecified atom stereocenters. The standard InChI is InChI=1S/C18H22N2O/c1-20(17-8-4-2-6-14(17)12-19)13-15-10-11-21-18-9-5-3-7-16(15)18/h2-9,15H,10-13,19H2,1H3. The molecule has 0 saturated carbocycles. The van der Waals surface area contributed by atoms with E-state index in [0.29, 0.717) is 12.5 Å². The molecular weight excluding hydrogens is 260 g/mol. The summed E-state index contributed by atoms with van der Waals surface area (Å²) in [5, 5.41) is 0. The monoisotopic (exact) mass is 282 g/mol. The first-order chi connectivity index (χ1) is 10.3. The van der Waals surface area contributed by atoms with Crippen LogP contribution in [0.15, 0.2) is 48.5 Å². The van der Waals surface area contributed by atoms with Gasteiger partial charge < -0.3 is 15.4 Å². The van der Waals surface area contributed by atoms with Crippen LogP contribution in [0.2, 0.25) is 0 Å². The van der Waals surface area contributed by atoms with E-state index < -0.39 is 0 Å². The number of ether oxygens (including phenoxy) is 1. The average molecular weight is 282 g/mol. The molecule has 0 amide bonds. The van der Waals surface area contributed by atoms with E-state index in [1.807, 2.05) is 12.1 Å². The number of hydrogen-bond acceptors (Lipinski definition) is 3. The van der Waals surface area contributed by atoms with Crippen molar-refractivity contribution in [1.29, 1.82) is 0 Å². The molecule has 0 saturated heterocycles. The van der Waals surface area contributed by atoms with E-state index in [0.717, 1.165) is 25.3 Å². The zero-order valence-electron chi connectivity index (χ0n) is 12.5. The molecule has 3 rings (SSSR count). The summed E-state index contributed by atoms with van der Waals surface area (Å²) >= 11 is 0. The molecule has 1 aliphatic heterocycles. The molecule has 2 aromatic rings. The molecule has 1 heterocycles. The van der Waals surface area contributed by atoms with Gasteiger partial charge >= 0.3 is 0 Å². The van der Waals surface area contributed by atoms with Gasteiger partial charge in [-0.2, -0.15) is 0 Å². The van der Waals surface area contributed by atoms with Crippen LogP contribution < -0.4 is 15.4 Å². The highest BCUT2D eigenvalue weighted by molar-refractivity contribution is 5.53. The van der Waals surface area contributed by atoms with Crippen LogP contribution in [-0.4, -0.2) is 20.2 Å². The second-order valence-electron chi connectivity index (χ2n) is 5.59. The molecule has 21 heavy (non-hydrogen) atoms. The van der Waals surface area contributed by atoms with Crippen LogP contribution in [-0.2, 0) is 6.54 Å². The molecule has 2 aromatic carbocycles. The van der Waals surface area contributed by atoms with Crippen LogP contribution in [0, 0.1) is 0 Å². The number of nitrogens with zero attached hydrogens (tertiary/aromatic N) is 1. The highest BCUT2D eigenvalue weighted by atomic mass is 16.5. The van der Waals surface area contributed by atoms with Crippen molar-refractivity contribution in [2.75, 3.05) is 25.1 Å². The molecule has 3 heteroatoms. The van der Waals surface area contributed by atoms with E-state index in [9.17, 15) is 0 Å². The Morgan fingerprint density at radius 1 is 1.14 bits per heavy atom. The third-order valence-electron chi connectivity index (χ3n) is 4.20. The summed E-state index contributed by atoms with van der Waals surface area (Å²) < 4.78 is 5.75. The first kappa shape index (κ1) is 14.0. The summed E-state index contributed by atoms with van der Waals surface area (Å²) in [7, 11) is 2.15. The molecule has 3 nitrogen and oxygen atoms in total. The molecule has 0 radical (unpaired) electrons. The van der Waals surface area contributed by atoms with E-state index >= 15 is 0 Å². The predicted octanol–water partition coefficient (Wildman–Crippen LogP) is 3.15. The Morgan fingerprint density at radius 2 is 1.90 bits per heavy atom. The largest absolute Gasteiger partial charge is 0.493 e. The van der Waals surface area contributed by atoms with Crippen molar-refractivity contribution in [3.05, 3.63) is 59.7 Å². The van der Waals surface area contributed by atoms with E-state index in [4.69, 9.17) is 10.5 Å². The second kappa shape index (κ2) is 6.19. The summed E-state index contributed by atoms with van der Waals surface area (Å²) in [4.78, 5) is 2.31. The topological polar surface area (TPSA) is 38.5 Å². The van der Waals surface area contributed by atoms with Crippen molar-refractivity contribution in [2.24, 2.45) is 5.73 Å². The highest BCUT2D eigenvalue weighted by Crippen LogP contribution is 2.34. The zero-order valence-corrected chi connectivity index (χ0v) is 12.5. The molecule has 0 aromatic heterocycles. The van der Waals surface area contributed by atoms with Gasteiger partial charge in [-0.1, -0.05) is 36.4 Å². The number of para-hydroxylation sites is 2. The van der Waals surface area contributed by atoms with Crippen LogP contribution in [0.25, 0.3) is 0 Å². The van der Waals surface area contributed by atoms with Crippen molar-refractivity contribution >= 4 is 5.69 Å². The van der Waals surface area contributed by atoms with Gasteiger partial charge in [-0.15, -0.1) is 0 Å². The van der Waals surface area contributed by atoms with Gasteiger partial charge in [0.25, 0.3) is 0 Å². The van der Waals surface area contributed by atoms with Gasteiger partial charge in [0.1, 0.15) is 5.75 Å². The van der Waals surface area contributed by atoms with Gasteiger partial charge in [0, 0.05) is 31.7 Å². The minimum Gasteiger partial charge on any atom is -0.493 e. The zero-order chi connectivity index (χ0) is 14.7. The Labute approximate surface area is 126 Å². The first-order valence-corrected chi connectivity index (χ1v) is 7.50. The molecule has 0 spiro atoms. The van der Waals surface area contributed by atoms with Crippen molar-refractivity contribution < 1.29 is 4.74 Å². The molecule has 0 aliphatic carbocycles. The van der Waals surface area contributed by atoms with Crippen molar-refractivity contribution in [1.82, 2.24) is 0 Å². The number of rotatable bonds is 4. The fourth-order valence-corrected chi connectivity index (χ4v) is 3.09. The lowest BCUT2D eigenvalue weighted by Gasteiger charge is -2.31. The lowest BCUT2D eigenvalue weighted by atomic mass is 9.92. The van der Waals surface area contributed by atoms with Crippen molar-refractivity contribution in [3.63, 3.8) is 0 Å². The average Bonchev–Trinajstić information content (AvgIpc) is 2.55. The van der Waals surface area contributed by atoms with Crippen LogP contribution in [0.4, 0.5) is 5.69 Å². The van der Waals surface area contributed by atoms with Crippen LogP contribution in [0.3, 0.4) is 0 Å². The number of fused-ring (bicyclic) bond motifs is 1. The Balaban J connectivity index is 1.81. The number of hydrogen-bond donors (Lipinski definition) is 1. The Morgan fingerprint density at radius 3 is 2.76 bits per heavy atom. The number of anilines is 1. The molecule has 0 bridgehead atoms. The Hall–Kier alpha value is -2.00. The molecular formula is C18H22N2O. The van der Waals surface area contributed by atoms with Gasteiger partial charge in [-0.25, -0.2) is 0 Å². The smallest absolute Gasteiger partial charge is 0.122 e. The third-order valence-corrected chi connectivity index (χ3v) is 4.20. The van der Waals surface area contributed by atoms with Crippen LogP contribution in [0.1, 0.15) is 23.5 Å². The minimum atomic E-state index is 0.505. The maximum atomic E-state index is 5.85. The maximum Gasteiger partial charge on any atom is 0.122 e. The van der Waals surface area contributed by atoms with E-state index in [1.54, 1.807) is 0 Å². The summed E-state index contributed by atoms with van der Waals surface area (Å²) in [6, 6.07) is 16.7. The summed E-state index contributed by atoms with van der Waals surface area (Å²) in [6.45, 7) is 2.36. The minimum absolute atomic E-state index is 0.505. The summed E-state index contributed by atoms with van der Waals surface area (Å²) in [6.07, 6.45) is 1.06. The van der Waals surface area contributed by atoms with Crippen molar-refractivity contribution in [2.45, 2.75) is 18.9 Å². The fourth-order valence-electron chi connectivity index (χ4n) is 3.09. The lowest BCUT2D eigenvalue weighted by Crippen LogP contribution is -2.28. The Bertz CT molecular complexity index is 612. The van der Waals surface area contributed by atoms with Crippen LogP contribution in [0.5, 0.6) is 5.75 Å². The number of nitrogens with two attached hydrogens (primary N) is 1. The molecule has 2 N–H and O–H groups in total. The van der Waals surface area contributed by atoms with E-state index in [2.05, 4.69) is 48.3 Å². The fraction of sp³-hybridized carbons (Fsp3) is 0.333. The molecule has 110 valence electrons. The number of likely N-dealkylation sites (N-methyl/N-ethyl adjacent to an activating group) is 1.